The van der Waals surface area contributed by atoms with Gasteiger partial charge in [-0.2, -0.15) is 0 Å². The summed E-state index contributed by atoms with van der Waals surface area (Å²) in [5, 5.41) is 23.7. The Bertz CT molecular complexity index is 1370. The third-order valence-corrected chi connectivity index (χ3v) is 12.7. The quantitative estimate of drug-likeness (QED) is 0.498. The summed E-state index contributed by atoms with van der Waals surface area (Å²) in [6.45, 7) is 11.0. The average Bonchev–Trinajstić information content (AvgIpc) is 3.67. The fraction of sp³-hybridized carbons (Fsp3) is 0.657. The molecule has 9 rings (SSSR count). The number of fused-ring (bicyclic) bond motifs is 2. The number of likely N-dealkylation sites (tertiary alicyclic amines) is 1. The standard InChI is InChI=1S/C35H45NO4/c1-31(2,3)23-9-11-24(12-10-23)32(4,38)26-19-33-14-15-35(26,39-5)30-34(33)16-17-36(20-21-6-7-21)27(33)18-22-8-13-25(37)29(40-30)28(22)34/h8-13,21,26-27,30,37-38H,6-7,14-20H2,1-5H3/t26-,27-,30-,32-,33-,34+,35-/m1/s1. The van der Waals surface area contributed by atoms with E-state index in [2.05, 4.69) is 56.0 Å². The second-order valence-electron chi connectivity index (χ2n) is 15.4. The van der Waals surface area contributed by atoms with Crippen LogP contribution in [0.2, 0.25) is 0 Å². The zero-order valence-electron chi connectivity index (χ0n) is 24.8. The number of phenolic OH excluding ortho intramolecular Hbond substituents is 1. The summed E-state index contributed by atoms with van der Waals surface area (Å²) in [6.07, 6.45) is 7.39. The van der Waals surface area contributed by atoms with Crippen molar-refractivity contribution in [3.05, 3.63) is 58.7 Å². The van der Waals surface area contributed by atoms with Crippen LogP contribution in [0.5, 0.6) is 11.5 Å². The van der Waals surface area contributed by atoms with Crippen LogP contribution in [0, 0.1) is 17.3 Å². The molecule has 2 N–H and O–H groups in total. The molecule has 2 aromatic rings. The zero-order chi connectivity index (χ0) is 27.9. The first-order valence-corrected chi connectivity index (χ1v) is 15.6. The van der Waals surface area contributed by atoms with E-state index in [1.165, 1.54) is 36.1 Å². The summed E-state index contributed by atoms with van der Waals surface area (Å²) in [5.74, 6) is 1.66. The van der Waals surface area contributed by atoms with E-state index in [1.807, 2.05) is 20.1 Å². The van der Waals surface area contributed by atoms with Crippen LogP contribution in [-0.4, -0.2) is 53.1 Å². The Balaban J connectivity index is 1.30. The van der Waals surface area contributed by atoms with E-state index in [0.29, 0.717) is 11.8 Å². The van der Waals surface area contributed by atoms with Crippen LogP contribution >= 0.6 is 0 Å². The van der Waals surface area contributed by atoms with Gasteiger partial charge in [-0.05, 0) is 92.5 Å². The van der Waals surface area contributed by atoms with Gasteiger partial charge in [0.05, 0.1) is 5.60 Å². The molecule has 5 fully saturated rings. The van der Waals surface area contributed by atoms with Crippen molar-refractivity contribution in [2.24, 2.45) is 17.3 Å². The Morgan fingerprint density at radius 3 is 2.40 bits per heavy atom. The number of nitrogens with zero attached hydrogens (tertiary/aromatic N) is 1. The lowest BCUT2D eigenvalue weighted by Gasteiger charge is -2.75. The topological polar surface area (TPSA) is 62.2 Å². The van der Waals surface area contributed by atoms with Gasteiger partial charge in [0, 0.05) is 42.0 Å². The van der Waals surface area contributed by atoms with Crippen LogP contribution in [0.25, 0.3) is 0 Å². The number of aliphatic hydroxyl groups is 1. The molecule has 0 amide bonds. The van der Waals surface area contributed by atoms with Gasteiger partial charge in [-0.15, -0.1) is 0 Å². The molecule has 0 unspecified atom stereocenters. The molecule has 2 aromatic carbocycles. The number of phenols is 1. The lowest BCUT2D eigenvalue weighted by atomic mass is 9.33. The third-order valence-electron chi connectivity index (χ3n) is 12.7. The van der Waals surface area contributed by atoms with Gasteiger partial charge in [0.25, 0.3) is 0 Å². The lowest BCUT2D eigenvalue weighted by Crippen LogP contribution is -2.82. The monoisotopic (exact) mass is 543 g/mol. The Kier molecular flexibility index (Phi) is 5.02. The van der Waals surface area contributed by atoms with Crippen molar-refractivity contribution < 1.29 is 19.7 Å². The summed E-state index contributed by atoms with van der Waals surface area (Å²) < 4.78 is 13.6. The molecule has 4 bridgehead atoms. The van der Waals surface area contributed by atoms with Gasteiger partial charge in [-0.1, -0.05) is 51.1 Å². The van der Waals surface area contributed by atoms with Gasteiger partial charge in [-0.3, -0.25) is 4.90 Å². The Labute approximate surface area is 238 Å². The molecule has 0 aromatic heterocycles. The van der Waals surface area contributed by atoms with Crippen molar-refractivity contribution in [2.45, 2.75) is 107 Å². The van der Waals surface area contributed by atoms with Crippen LogP contribution in [0.15, 0.2) is 36.4 Å². The first-order chi connectivity index (χ1) is 19.0. The molecule has 4 saturated carbocycles. The largest absolute Gasteiger partial charge is 0.504 e. The predicted octanol–water partition coefficient (Wildman–Crippen LogP) is 5.82. The second kappa shape index (κ2) is 7.85. The predicted molar refractivity (Wildman–Crippen MR) is 155 cm³/mol. The number of aromatic hydroxyl groups is 1. The molecule has 214 valence electrons. The first-order valence-electron chi connectivity index (χ1n) is 15.6. The van der Waals surface area contributed by atoms with Gasteiger partial charge < -0.3 is 19.7 Å². The normalized spacial score (nSPS) is 39.0. The summed E-state index contributed by atoms with van der Waals surface area (Å²) in [7, 11) is 1.83. The zero-order valence-corrected chi connectivity index (χ0v) is 24.8. The van der Waals surface area contributed by atoms with Crippen LogP contribution in [0.3, 0.4) is 0 Å². The number of piperidine rings is 1. The molecule has 2 heterocycles. The average molecular weight is 544 g/mol. The molecular formula is C35H45NO4. The summed E-state index contributed by atoms with van der Waals surface area (Å²) in [4.78, 5) is 2.82. The molecule has 0 radical (unpaired) electrons. The minimum atomic E-state index is -1.09. The molecule has 7 atom stereocenters. The third kappa shape index (κ3) is 2.95. The first kappa shape index (κ1) is 25.6. The van der Waals surface area contributed by atoms with Crippen LogP contribution in [-0.2, 0) is 27.6 Å². The van der Waals surface area contributed by atoms with E-state index in [9.17, 15) is 10.2 Å². The Morgan fingerprint density at radius 1 is 1.00 bits per heavy atom. The van der Waals surface area contributed by atoms with E-state index < -0.39 is 11.2 Å². The second-order valence-corrected chi connectivity index (χ2v) is 15.4. The summed E-state index contributed by atoms with van der Waals surface area (Å²) in [5.41, 5.74) is 2.98. The van der Waals surface area contributed by atoms with Crippen LogP contribution < -0.4 is 4.74 Å². The molecule has 2 spiro atoms. The minimum absolute atomic E-state index is 0.0167. The highest BCUT2D eigenvalue weighted by Gasteiger charge is 2.82. The minimum Gasteiger partial charge on any atom is -0.504 e. The van der Waals surface area contributed by atoms with Crippen LogP contribution in [0.1, 0.15) is 88.5 Å². The summed E-state index contributed by atoms with van der Waals surface area (Å²) >= 11 is 0. The van der Waals surface area contributed by atoms with E-state index in [0.717, 1.165) is 50.1 Å². The molecular weight excluding hydrogens is 498 g/mol. The van der Waals surface area contributed by atoms with E-state index in [-0.39, 0.29) is 34.0 Å². The molecule has 2 aliphatic heterocycles. The van der Waals surface area contributed by atoms with Gasteiger partial charge in [0.2, 0.25) is 0 Å². The maximum Gasteiger partial charge on any atom is 0.165 e. The van der Waals surface area contributed by atoms with E-state index >= 15 is 0 Å². The van der Waals surface area contributed by atoms with E-state index in [4.69, 9.17) is 9.47 Å². The lowest BCUT2D eigenvalue weighted by molar-refractivity contribution is -0.304. The fourth-order valence-corrected chi connectivity index (χ4v) is 10.6. The summed E-state index contributed by atoms with van der Waals surface area (Å²) in [6, 6.07) is 13.1. The van der Waals surface area contributed by atoms with Crippen molar-refractivity contribution in [1.82, 2.24) is 4.90 Å². The number of methoxy groups -OCH3 is 1. The van der Waals surface area contributed by atoms with Gasteiger partial charge in [0.15, 0.2) is 11.5 Å². The maximum absolute atomic E-state index is 12.6. The van der Waals surface area contributed by atoms with Crippen molar-refractivity contribution in [1.29, 1.82) is 0 Å². The highest BCUT2D eigenvalue weighted by atomic mass is 16.6. The number of hydrogen-bond donors (Lipinski definition) is 2. The molecule has 5 aliphatic carbocycles. The smallest absolute Gasteiger partial charge is 0.165 e. The van der Waals surface area contributed by atoms with Gasteiger partial charge in [0.1, 0.15) is 11.7 Å². The van der Waals surface area contributed by atoms with Gasteiger partial charge >= 0.3 is 0 Å². The maximum atomic E-state index is 12.6. The number of hydrogen-bond acceptors (Lipinski definition) is 5. The molecule has 40 heavy (non-hydrogen) atoms. The highest BCUT2D eigenvalue weighted by molar-refractivity contribution is 5.63. The molecule has 7 aliphatic rings. The van der Waals surface area contributed by atoms with E-state index in [1.54, 1.807) is 0 Å². The Hall–Kier alpha value is -2.08. The van der Waals surface area contributed by atoms with Crippen LogP contribution in [0.4, 0.5) is 0 Å². The number of rotatable bonds is 5. The number of ether oxygens (including phenoxy) is 2. The number of benzene rings is 2. The molecule has 5 heteroatoms. The molecule has 1 saturated heterocycles. The Morgan fingerprint density at radius 2 is 1.73 bits per heavy atom. The molecule has 5 nitrogen and oxygen atoms in total. The van der Waals surface area contributed by atoms with Crippen molar-refractivity contribution in [2.75, 3.05) is 20.2 Å². The SMILES string of the molecule is CO[C@]12CC[C@@]3(C[C@@H]1[C@](C)(O)c1ccc(C(C)(C)C)cc1)[C@H]1Cc4ccc(O)c5c4[C@@]3(CCN1CC1CC1)[C@H]2O5. The fourth-order valence-electron chi connectivity index (χ4n) is 10.6. The van der Waals surface area contributed by atoms with Crippen molar-refractivity contribution in [3.8, 4) is 11.5 Å². The highest BCUT2D eigenvalue weighted by Crippen LogP contribution is 2.78. The van der Waals surface area contributed by atoms with Gasteiger partial charge in [-0.25, -0.2) is 0 Å². The van der Waals surface area contributed by atoms with Crippen molar-refractivity contribution >= 4 is 0 Å². The van der Waals surface area contributed by atoms with Crippen molar-refractivity contribution in [3.63, 3.8) is 0 Å².